The molecule has 0 atom stereocenters. The monoisotopic (exact) mass is 469 g/mol. The van der Waals surface area contributed by atoms with Crippen LogP contribution < -0.4 is 5.19 Å². The quantitative estimate of drug-likeness (QED) is 0.515. The molecule has 2 aliphatic carbocycles. The largest absolute Gasteiger partial charge is 0.147 e. The van der Waals surface area contributed by atoms with Crippen molar-refractivity contribution >= 4 is 36.6 Å². The minimum absolute atomic E-state index is 0. The number of benzene rings is 1. The molecule has 0 saturated heterocycles. The summed E-state index contributed by atoms with van der Waals surface area (Å²) in [5.74, 6) is 0. The molecule has 0 bridgehead atoms. The fraction of sp³-hybridized carbons (Fsp3) is 0.333. The van der Waals surface area contributed by atoms with Gasteiger partial charge in [-0.25, -0.2) is 0 Å². The van der Waals surface area contributed by atoms with Crippen molar-refractivity contribution in [2.24, 2.45) is 0 Å². The minimum Gasteiger partial charge on any atom is -0.147 e. The first-order valence-electron chi connectivity index (χ1n) is 8.64. The van der Waals surface area contributed by atoms with Crippen LogP contribution in [0, 0.1) is 6.92 Å². The van der Waals surface area contributed by atoms with E-state index in [1.54, 1.807) is 16.3 Å². The van der Waals surface area contributed by atoms with Crippen LogP contribution >= 0.6 is 24.8 Å². The van der Waals surface area contributed by atoms with Crippen LogP contribution in [0.5, 0.6) is 0 Å². The van der Waals surface area contributed by atoms with Crippen molar-refractivity contribution in [3.63, 3.8) is 0 Å². The molecule has 0 aliphatic heterocycles. The third-order valence-corrected chi connectivity index (χ3v) is 24.1. The Balaban J connectivity index is 0.00000156. The predicted octanol–water partition coefficient (Wildman–Crippen LogP) is 5.41. The van der Waals surface area contributed by atoms with Gasteiger partial charge in [-0.15, -0.1) is 24.8 Å². The Morgan fingerprint density at radius 1 is 0.760 bits per heavy atom. The minimum atomic E-state index is -1.69. The molecule has 135 valence electrons. The molecular formula is C21H29Cl2SiZr. The molecule has 0 radical (unpaired) electrons. The maximum atomic E-state index is 2.47. The zero-order valence-electron chi connectivity index (χ0n) is 15.9. The van der Waals surface area contributed by atoms with Gasteiger partial charge in [-0.2, -0.15) is 0 Å². The van der Waals surface area contributed by atoms with Crippen LogP contribution in [-0.4, -0.2) is 6.65 Å². The van der Waals surface area contributed by atoms with Crippen LogP contribution in [0.3, 0.4) is 0 Å². The first-order valence-corrected chi connectivity index (χ1v) is 17.7. The van der Waals surface area contributed by atoms with E-state index in [9.17, 15) is 0 Å². The van der Waals surface area contributed by atoms with E-state index in [2.05, 4.69) is 71.0 Å². The van der Waals surface area contributed by atoms with E-state index >= 15 is 0 Å². The summed E-state index contributed by atoms with van der Waals surface area (Å²) in [4.78, 5) is 0. The summed E-state index contributed by atoms with van der Waals surface area (Å²) in [6.45, 7) is 11.5. The van der Waals surface area contributed by atoms with E-state index in [4.69, 9.17) is 0 Å². The Hall–Kier alpha value is -0.140. The second kappa shape index (κ2) is 9.70. The molecule has 0 unspecified atom stereocenters. The molecule has 1 aromatic carbocycles. The zero-order valence-corrected chi connectivity index (χ0v) is 21.4. The van der Waals surface area contributed by atoms with Crippen molar-refractivity contribution in [2.75, 3.05) is 0 Å². The molecule has 0 saturated carbocycles. The van der Waals surface area contributed by atoms with E-state index in [0.717, 1.165) is 0 Å². The Morgan fingerprint density at radius 2 is 1.24 bits per heavy atom. The summed E-state index contributed by atoms with van der Waals surface area (Å²) < 4.78 is 3.80. The maximum absolute atomic E-state index is 2.47. The van der Waals surface area contributed by atoms with Gasteiger partial charge in [-0.3, -0.25) is 0 Å². The average Bonchev–Trinajstić information content (AvgIpc) is 3.03. The predicted molar refractivity (Wildman–Crippen MR) is 116 cm³/mol. The molecule has 0 heterocycles. The van der Waals surface area contributed by atoms with Crippen LogP contribution in [0.25, 0.3) is 0 Å². The van der Waals surface area contributed by atoms with Crippen molar-refractivity contribution in [3.8, 4) is 0 Å². The molecule has 0 nitrogen and oxygen atoms in total. The van der Waals surface area contributed by atoms with E-state index in [1.807, 2.05) is 6.56 Å². The van der Waals surface area contributed by atoms with Crippen molar-refractivity contribution in [3.05, 3.63) is 70.8 Å². The Labute approximate surface area is 174 Å². The smallest absolute Gasteiger partial charge is 0.147 e. The molecule has 1 aromatic rings. The zero-order chi connectivity index (χ0) is 16.6. The third-order valence-electron chi connectivity index (χ3n) is 5.67. The van der Waals surface area contributed by atoms with Crippen molar-refractivity contribution in [2.45, 2.75) is 47.5 Å². The van der Waals surface area contributed by atoms with Crippen LogP contribution in [0.15, 0.2) is 65.3 Å². The van der Waals surface area contributed by atoms with Crippen LogP contribution in [-0.2, 0) is 20.9 Å². The molecule has 3 rings (SSSR count). The van der Waals surface area contributed by atoms with Gasteiger partial charge in [0.15, 0.2) is 0 Å². The van der Waals surface area contributed by atoms with Gasteiger partial charge < -0.3 is 0 Å². The molecule has 0 aromatic heterocycles. The molecule has 2 aliphatic rings. The number of rotatable bonds is 4. The fourth-order valence-electron chi connectivity index (χ4n) is 3.69. The van der Waals surface area contributed by atoms with Gasteiger partial charge in [-0.05, 0) is 0 Å². The second-order valence-electron chi connectivity index (χ2n) is 6.97. The SMILES string of the molecule is CC1=CC[C]([Zr]([SiH2]c2ccccc2C)[C]2=C(C)C(C)=CC2)=C1C.Cl.Cl. The van der Waals surface area contributed by atoms with Crippen molar-refractivity contribution in [1.29, 1.82) is 0 Å². The third kappa shape index (κ3) is 4.78. The van der Waals surface area contributed by atoms with Crippen LogP contribution in [0.1, 0.15) is 46.1 Å². The second-order valence-corrected chi connectivity index (χ2v) is 20.2. The van der Waals surface area contributed by atoms with Gasteiger partial charge in [-0.1, -0.05) is 0 Å². The molecule has 0 fully saturated rings. The Kier molecular flexibility index (Phi) is 8.88. The number of aryl methyl sites for hydroxylation is 1. The molecule has 0 spiro atoms. The van der Waals surface area contributed by atoms with E-state index < -0.39 is 20.9 Å². The summed E-state index contributed by atoms with van der Waals surface area (Å²) >= 11 is -1.69. The van der Waals surface area contributed by atoms with Gasteiger partial charge in [0.25, 0.3) is 0 Å². The first kappa shape index (κ1) is 22.9. The summed E-state index contributed by atoms with van der Waals surface area (Å²) in [6.07, 6.45) is 7.45. The number of hydrogen-bond donors (Lipinski definition) is 0. The van der Waals surface area contributed by atoms with Gasteiger partial charge in [0, 0.05) is 0 Å². The van der Waals surface area contributed by atoms with E-state index in [0.29, 0.717) is 0 Å². The average molecular weight is 472 g/mol. The van der Waals surface area contributed by atoms with Crippen molar-refractivity contribution < 1.29 is 20.9 Å². The molecule has 0 amide bonds. The number of hydrogen-bond acceptors (Lipinski definition) is 0. The van der Waals surface area contributed by atoms with Gasteiger partial charge in [0.2, 0.25) is 0 Å². The standard InChI is InChI=1S/C7H9Si.2C7H9.2ClH.Zr/c1-6-4-2-3-5-7(6)8;2*1-6-4-3-5-7(6)2;;;/h2-5H,8H2,1H3;2*4H,3H2,1-2H3;2*1H;. The van der Waals surface area contributed by atoms with Gasteiger partial charge >= 0.3 is 151 Å². The Bertz CT molecular complexity index is 730. The van der Waals surface area contributed by atoms with Gasteiger partial charge in [0.05, 0.1) is 0 Å². The normalized spacial score (nSPS) is 16.8. The molecule has 4 heteroatoms. The summed E-state index contributed by atoms with van der Waals surface area (Å²) in [5, 5.41) is 1.72. The summed E-state index contributed by atoms with van der Waals surface area (Å²) in [6, 6.07) is 9.16. The number of halogens is 2. The maximum Gasteiger partial charge on any atom is -0.147 e. The topological polar surface area (TPSA) is 0 Å². The molecular weight excluding hydrogens is 442 g/mol. The summed E-state index contributed by atoms with van der Waals surface area (Å²) in [7, 11) is 0. The van der Waals surface area contributed by atoms with Crippen LogP contribution in [0.4, 0.5) is 0 Å². The van der Waals surface area contributed by atoms with E-state index in [1.165, 1.54) is 29.6 Å². The number of allylic oxidation sites excluding steroid dienone is 8. The first-order chi connectivity index (χ1) is 11.0. The molecule has 0 N–H and O–H groups in total. The molecule has 25 heavy (non-hydrogen) atoms. The summed E-state index contributed by atoms with van der Waals surface area (Å²) in [5.41, 5.74) is 7.89. The van der Waals surface area contributed by atoms with Crippen molar-refractivity contribution in [1.82, 2.24) is 0 Å². The van der Waals surface area contributed by atoms with E-state index in [-0.39, 0.29) is 31.5 Å². The van der Waals surface area contributed by atoms with Crippen LogP contribution in [0.2, 0.25) is 0 Å². The Morgan fingerprint density at radius 3 is 1.64 bits per heavy atom. The van der Waals surface area contributed by atoms with Gasteiger partial charge in [0.1, 0.15) is 0 Å². The fourth-order valence-corrected chi connectivity index (χ4v) is 24.7.